The normalized spacial score (nSPS) is 11.5. The first-order valence-electron chi connectivity index (χ1n) is 10.4. The Morgan fingerprint density at radius 1 is 1.00 bits per heavy atom. The number of carbonyl (C=O) groups is 2. The van der Waals surface area contributed by atoms with Gasteiger partial charge >= 0.3 is 0 Å². The van der Waals surface area contributed by atoms with E-state index in [1.807, 2.05) is 54.6 Å². The molecular formula is C25H21ClN4O3S. The summed E-state index contributed by atoms with van der Waals surface area (Å²) in [6.45, 7) is 0. The number of halogens is 1. The molecule has 4 rings (SSSR count). The van der Waals surface area contributed by atoms with Gasteiger partial charge in [-0.25, -0.2) is 0 Å². The Morgan fingerprint density at radius 2 is 1.76 bits per heavy atom. The van der Waals surface area contributed by atoms with Gasteiger partial charge in [-0.05, 0) is 29.8 Å². The number of ether oxygens (including phenoxy) is 1. The quantitative estimate of drug-likeness (QED) is 0.367. The number of aromatic nitrogens is 2. The van der Waals surface area contributed by atoms with Gasteiger partial charge in [0.25, 0.3) is 5.91 Å². The highest BCUT2D eigenvalue weighted by Gasteiger charge is 2.24. The van der Waals surface area contributed by atoms with E-state index in [0.717, 1.165) is 11.1 Å². The summed E-state index contributed by atoms with van der Waals surface area (Å²) in [6.07, 6.45) is 0.296. The topological polar surface area (TPSA) is 93.2 Å². The van der Waals surface area contributed by atoms with Crippen molar-refractivity contribution in [2.75, 3.05) is 12.4 Å². The van der Waals surface area contributed by atoms with Crippen LogP contribution >= 0.6 is 22.9 Å². The smallest absolute Gasteiger partial charge is 0.253 e. The van der Waals surface area contributed by atoms with Crippen molar-refractivity contribution in [3.8, 4) is 16.3 Å². The molecule has 4 aromatic rings. The van der Waals surface area contributed by atoms with E-state index in [0.29, 0.717) is 32.9 Å². The number of benzene rings is 3. The van der Waals surface area contributed by atoms with Crippen molar-refractivity contribution < 1.29 is 14.3 Å². The molecular weight excluding hydrogens is 472 g/mol. The van der Waals surface area contributed by atoms with Crippen LogP contribution in [0.2, 0.25) is 5.02 Å². The van der Waals surface area contributed by atoms with Gasteiger partial charge in [-0.15, -0.1) is 10.2 Å². The number of rotatable bonds is 8. The van der Waals surface area contributed by atoms with Gasteiger partial charge in [-0.3, -0.25) is 14.9 Å². The molecule has 0 aliphatic rings. The van der Waals surface area contributed by atoms with Gasteiger partial charge in [0.2, 0.25) is 11.0 Å². The van der Waals surface area contributed by atoms with E-state index in [2.05, 4.69) is 20.8 Å². The molecule has 1 heterocycles. The first kappa shape index (κ1) is 23.4. The molecule has 0 saturated carbocycles. The highest BCUT2D eigenvalue weighted by molar-refractivity contribution is 7.18. The van der Waals surface area contributed by atoms with Crippen LogP contribution in [0.25, 0.3) is 10.6 Å². The van der Waals surface area contributed by atoms with Crippen LogP contribution in [0.15, 0.2) is 78.9 Å². The van der Waals surface area contributed by atoms with Crippen LogP contribution in [0.1, 0.15) is 15.9 Å². The summed E-state index contributed by atoms with van der Waals surface area (Å²) >= 11 is 7.40. The van der Waals surface area contributed by atoms with Crippen molar-refractivity contribution >= 4 is 39.9 Å². The maximum absolute atomic E-state index is 13.2. The third-order valence-corrected chi connectivity index (χ3v) is 6.21. The second kappa shape index (κ2) is 10.9. The minimum Gasteiger partial charge on any atom is -0.497 e. The summed E-state index contributed by atoms with van der Waals surface area (Å²) in [5.41, 5.74) is 2.02. The molecule has 0 aliphatic heterocycles. The molecule has 0 bridgehead atoms. The monoisotopic (exact) mass is 492 g/mol. The second-order valence-corrected chi connectivity index (χ2v) is 8.71. The third kappa shape index (κ3) is 5.78. The summed E-state index contributed by atoms with van der Waals surface area (Å²) in [7, 11) is 1.59. The van der Waals surface area contributed by atoms with Gasteiger partial charge in [0.05, 0.1) is 17.7 Å². The first-order chi connectivity index (χ1) is 16.5. The van der Waals surface area contributed by atoms with E-state index in [-0.39, 0.29) is 0 Å². The predicted octanol–water partition coefficient (Wildman–Crippen LogP) is 4.85. The average molecular weight is 493 g/mol. The van der Waals surface area contributed by atoms with Gasteiger partial charge < -0.3 is 10.1 Å². The van der Waals surface area contributed by atoms with Crippen molar-refractivity contribution in [2.45, 2.75) is 12.5 Å². The molecule has 0 fully saturated rings. The minimum absolute atomic E-state index is 0.296. The number of nitrogens with zero attached hydrogens (tertiary/aromatic N) is 2. The molecule has 172 valence electrons. The summed E-state index contributed by atoms with van der Waals surface area (Å²) in [6, 6.07) is 22.7. The van der Waals surface area contributed by atoms with E-state index in [1.165, 1.54) is 11.3 Å². The Kier molecular flexibility index (Phi) is 7.51. The maximum atomic E-state index is 13.2. The Bertz CT molecular complexity index is 1300. The minimum atomic E-state index is -0.852. The second-order valence-electron chi connectivity index (χ2n) is 7.33. The molecule has 0 saturated heterocycles. The Hall–Kier alpha value is -3.75. The number of amides is 2. The molecule has 0 aliphatic carbocycles. The molecule has 2 N–H and O–H groups in total. The van der Waals surface area contributed by atoms with Crippen molar-refractivity contribution in [1.82, 2.24) is 15.5 Å². The number of hydrogen-bond donors (Lipinski definition) is 2. The lowest BCUT2D eigenvalue weighted by Crippen LogP contribution is -2.45. The van der Waals surface area contributed by atoms with E-state index < -0.39 is 17.9 Å². The lowest BCUT2D eigenvalue weighted by molar-refractivity contribution is -0.118. The zero-order chi connectivity index (χ0) is 23.9. The average Bonchev–Trinajstić information content (AvgIpc) is 3.33. The van der Waals surface area contributed by atoms with Crippen LogP contribution in [-0.4, -0.2) is 35.2 Å². The fourth-order valence-corrected chi connectivity index (χ4v) is 4.24. The predicted molar refractivity (Wildman–Crippen MR) is 133 cm³/mol. The third-order valence-electron chi connectivity index (χ3n) is 4.99. The van der Waals surface area contributed by atoms with Crippen molar-refractivity contribution in [1.29, 1.82) is 0 Å². The maximum Gasteiger partial charge on any atom is 0.253 e. The van der Waals surface area contributed by atoms with E-state index in [9.17, 15) is 9.59 Å². The van der Waals surface area contributed by atoms with E-state index in [4.69, 9.17) is 16.3 Å². The van der Waals surface area contributed by atoms with Crippen molar-refractivity contribution in [3.05, 3.63) is 95.0 Å². The molecule has 9 heteroatoms. The van der Waals surface area contributed by atoms with Gasteiger partial charge in [0.15, 0.2) is 0 Å². The van der Waals surface area contributed by atoms with E-state index in [1.54, 1.807) is 31.4 Å². The molecule has 2 amide bonds. The first-order valence-corrected chi connectivity index (χ1v) is 11.6. The molecule has 1 atom stereocenters. The van der Waals surface area contributed by atoms with Crippen LogP contribution in [0.3, 0.4) is 0 Å². The van der Waals surface area contributed by atoms with Crippen LogP contribution in [-0.2, 0) is 11.2 Å². The van der Waals surface area contributed by atoms with Crippen LogP contribution < -0.4 is 15.4 Å². The Morgan fingerprint density at radius 3 is 2.53 bits per heavy atom. The van der Waals surface area contributed by atoms with Gasteiger partial charge in [0.1, 0.15) is 16.8 Å². The number of anilines is 1. The van der Waals surface area contributed by atoms with Crippen LogP contribution in [0.5, 0.6) is 5.75 Å². The number of carbonyl (C=O) groups excluding carboxylic acids is 2. The summed E-state index contributed by atoms with van der Waals surface area (Å²) in [5.74, 6) is -0.142. The number of nitrogens with one attached hydrogen (secondary N) is 2. The number of methoxy groups -OCH3 is 1. The lowest BCUT2D eigenvalue weighted by Gasteiger charge is -2.18. The van der Waals surface area contributed by atoms with Crippen LogP contribution in [0.4, 0.5) is 5.13 Å². The lowest BCUT2D eigenvalue weighted by atomic mass is 10.0. The molecule has 1 aromatic heterocycles. The standard InChI is InChI=1S/C25H21ClN4O3S/c1-33-18-11-7-10-17(15-18)24-29-30-25(34-24)28-23(32)21(14-16-8-3-2-4-9-16)27-22(31)19-12-5-6-13-20(19)26/h2-13,15,21H,14H2,1H3,(H,27,31)(H,28,30,32). The number of hydrogen-bond acceptors (Lipinski definition) is 6. The van der Waals surface area contributed by atoms with Crippen molar-refractivity contribution in [2.24, 2.45) is 0 Å². The fraction of sp³-hybridized carbons (Fsp3) is 0.120. The van der Waals surface area contributed by atoms with Gasteiger partial charge in [-0.2, -0.15) is 0 Å². The van der Waals surface area contributed by atoms with Gasteiger partial charge in [0, 0.05) is 12.0 Å². The SMILES string of the molecule is COc1cccc(-c2nnc(NC(=O)C(Cc3ccccc3)NC(=O)c3ccccc3Cl)s2)c1. The highest BCUT2D eigenvalue weighted by Crippen LogP contribution is 2.29. The summed E-state index contributed by atoms with van der Waals surface area (Å²) in [5, 5.41) is 15.1. The van der Waals surface area contributed by atoms with Crippen molar-refractivity contribution in [3.63, 3.8) is 0 Å². The largest absolute Gasteiger partial charge is 0.497 e. The Labute approximate surface area is 205 Å². The molecule has 34 heavy (non-hydrogen) atoms. The van der Waals surface area contributed by atoms with Crippen LogP contribution in [0, 0.1) is 0 Å². The van der Waals surface area contributed by atoms with E-state index >= 15 is 0 Å². The fourth-order valence-electron chi connectivity index (χ4n) is 3.28. The zero-order valence-electron chi connectivity index (χ0n) is 18.2. The molecule has 3 aromatic carbocycles. The van der Waals surface area contributed by atoms with Gasteiger partial charge in [-0.1, -0.05) is 77.5 Å². The molecule has 0 radical (unpaired) electrons. The molecule has 7 nitrogen and oxygen atoms in total. The highest BCUT2D eigenvalue weighted by atomic mass is 35.5. The zero-order valence-corrected chi connectivity index (χ0v) is 19.8. The molecule has 0 spiro atoms. The Balaban J connectivity index is 1.52. The molecule has 1 unspecified atom stereocenters. The summed E-state index contributed by atoms with van der Waals surface area (Å²) < 4.78 is 5.25. The summed E-state index contributed by atoms with van der Waals surface area (Å²) in [4.78, 5) is 26.0.